The maximum absolute atomic E-state index is 12.6. The van der Waals surface area contributed by atoms with Gasteiger partial charge in [0.1, 0.15) is 6.61 Å². The van der Waals surface area contributed by atoms with Crippen molar-refractivity contribution < 1.29 is 34.0 Å². The van der Waals surface area contributed by atoms with Crippen LogP contribution in [0.2, 0.25) is 0 Å². The van der Waals surface area contributed by atoms with Gasteiger partial charge in [0.05, 0.1) is 19.8 Å². The zero-order chi connectivity index (χ0) is 28.7. The number of carbonyl (C=O) groups excluding carboxylic acids is 1. The molecule has 1 amide bonds. The molecule has 0 aliphatic carbocycles. The highest BCUT2D eigenvalue weighted by Gasteiger charge is 2.29. The van der Waals surface area contributed by atoms with Gasteiger partial charge in [0.15, 0.2) is 5.75 Å². The van der Waals surface area contributed by atoms with Crippen molar-refractivity contribution in [3.63, 3.8) is 0 Å². The van der Waals surface area contributed by atoms with Crippen molar-refractivity contribution in [1.29, 1.82) is 0 Å². The molecule has 0 saturated heterocycles. The lowest BCUT2D eigenvalue weighted by Gasteiger charge is -2.30. The zero-order valence-corrected chi connectivity index (χ0v) is 23.6. The van der Waals surface area contributed by atoms with Gasteiger partial charge in [0.2, 0.25) is 5.91 Å². The second-order valence-corrected chi connectivity index (χ2v) is 10.2. The molecule has 12 heteroatoms. The van der Waals surface area contributed by atoms with E-state index in [4.69, 9.17) is 19.9 Å². The average molecular weight is 543 g/mol. The van der Waals surface area contributed by atoms with Gasteiger partial charge in [-0.1, -0.05) is 27.7 Å². The fraction of sp³-hybridized carbons (Fsp3) is 0.769. The standard InChI is InChI=1S/C26H46N4O8/c1-17(2)20(12-19-13-24(26(36-6)29-16-19)37-10-7-9-35-5)14-22(27)23(31)15-21(18(3)4)25(32)28-8-11-38-30(33)34/h13,16-18,20-23,31H,7-12,14-15,27H2,1-6H3,(H,28,32)/t20-,21-,22-,23-/m0/s1. The Kier molecular flexibility index (Phi) is 15.6. The lowest BCUT2D eigenvalue weighted by atomic mass is 9.81. The molecule has 0 saturated carbocycles. The maximum Gasteiger partial charge on any atom is 0.294 e. The first-order valence-electron chi connectivity index (χ1n) is 13.1. The number of rotatable bonds is 20. The highest BCUT2D eigenvalue weighted by molar-refractivity contribution is 5.78. The van der Waals surface area contributed by atoms with Crippen LogP contribution < -0.4 is 20.5 Å². The Morgan fingerprint density at radius 1 is 1.16 bits per heavy atom. The summed E-state index contributed by atoms with van der Waals surface area (Å²) in [5.74, 6) is 0.592. The first-order valence-corrected chi connectivity index (χ1v) is 13.1. The van der Waals surface area contributed by atoms with E-state index in [0.717, 1.165) is 12.0 Å². The quantitative estimate of drug-likeness (QED) is 0.126. The van der Waals surface area contributed by atoms with E-state index in [1.807, 2.05) is 19.9 Å². The normalized spacial score (nSPS) is 14.6. The summed E-state index contributed by atoms with van der Waals surface area (Å²) < 4.78 is 16.3. The first-order chi connectivity index (χ1) is 18.0. The molecule has 1 heterocycles. The van der Waals surface area contributed by atoms with E-state index in [0.29, 0.717) is 37.7 Å². The van der Waals surface area contributed by atoms with Crippen molar-refractivity contribution in [3.05, 3.63) is 27.9 Å². The fourth-order valence-corrected chi connectivity index (χ4v) is 4.17. The average Bonchev–Trinajstić information content (AvgIpc) is 2.86. The van der Waals surface area contributed by atoms with Crippen LogP contribution in [0, 0.1) is 33.8 Å². The van der Waals surface area contributed by atoms with Gasteiger partial charge in [-0.05, 0) is 48.6 Å². The summed E-state index contributed by atoms with van der Waals surface area (Å²) in [6, 6.07) is 1.39. The Morgan fingerprint density at radius 3 is 2.45 bits per heavy atom. The molecular formula is C26H46N4O8. The largest absolute Gasteiger partial charge is 0.488 e. The number of hydrogen-bond donors (Lipinski definition) is 3. The number of aliphatic hydroxyl groups is 1. The third kappa shape index (κ3) is 12.2. The number of amides is 1. The lowest BCUT2D eigenvalue weighted by Crippen LogP contribution is -2.43. The van der Waals surface area contributed by atoms with E-state index in [1.54, 1.807) is 20.4 Å². The minimum Gasteiger partial charge on any atom is -0.488 e. The number of aromatic nitrogens is 1. The Balaban J connectivity index is 2.80. The van der Waals surface area contributed by atoms with Gasteiger partial charge in [-0.15, -0.1) is 10.1 Å². The molecule has 38 heavy (non-hydrogen) atoms. The third-order valence-electron chi connectivity index (χ3n) is 6.56. The van der Waals surface area contributed by atoms with E-state index in [2.05, 4.69) is 29.0 Å². The monoisotopic (exact) mass is 542 g/mol. The minimum absolute atomic E-state index is 0.00852. The van der Waals surface area contributed by atoms with Crippen molar-refractivity contribution >= 4 is 5.91 Å². The molecule has 0 aliphatic rings. The molecule has 0 spiro atoms. The molecule has 218 valence electrons. The molecule has 1 aromatic rings. The molecule has 0 unspecified atom stereocenters. The topological polar surface area (TPSA) is 168 Å². The predicted molar refractivity (Wildman–Crippen MR) is 142 cm³/mol. The highest BCUT2D eigenvalue weighted by Crippen LogP contribution is 2.30. The number of nitrogens with one attached hydrogen (secondary N) is 1. The van der Waals surface area contributed by atoms with Gasteiger partial charge in [0, 0.05) is 44.8 Å². The SMILES string of the molecule is COCCCOc1cc(C[C@@H](C[C@H](N)[C@@H](O)C[C@H](C(=O)NCCO[N+](=O)[O-])C(C)C)C(C)C)cnc1OC. The van der Waals surface area contributed by atoms with Crippen LogP contribution >= 0.6 is 0 Å². The number of aliphatic hydroxyl groups excluding tert-OH is 1. The summed E-state index contributed by atoms with van der Waals surface area (Å²) in [5.41, 5.74) is 7.41. The number of pyridine rings is 1. The van der Waals surface area contributed by atoms with Gasteiger partial charge in [-0.2, -0.15) is 0 Å². The lowest BCUT2D eigenvalue weighted by molar-refractivity contribution is -0.757. The fourth-order valence-electron chi connectivity index (χ4n) is 4.17. The molecular weight excluding hydrogens is 496 g/mol. The number of ether oxygens (including phenoxy) is 3. The predicted octanol–water partition coefficient (Wildman–Crippen LogP) is 2.39. The smallest absolute Gasteiger partial charge is 0.294 e. The molecule has 1 aromatic heterocycles. The summed E-state index contributed by atoms with van der Waals surface area (Å²) in [4.78, 5) is 31.5. The van der Waals surface area contributed by atoms with Crippen LogP contribution in [-0.4, -0.2) is 73.8 Å². The number of nitrogens with two attached hydrogens (primary N) is 1. The highest BCUT2D eigenvalue weighted by atomic mass is 16.9. The van der Waals surface area contributed by atoms with E-state index in [-0.39, 0.29) is 43.2 Å². The molecule has 0 fully saturated rings. The molecule has 12 nitrogen and oxygen atoms in total. The number of methoxy groups -OCH3 is 2. The first kappa shape index (κ1) is 33.3. The van der Waals surface area contributed by atoms with E-state index < -0.39 is 23.2 Å². The number of carbonyl (C=O) groups is 1. The van der Waals surface area contributed by atoms with Crippen LogP contribution in [0.25, 0.3) is 0 Å². The van der Waals surface area contributed by atoms with Gasteiger partial charge in [-0.25, -0.2) is 4.98 Å². The summed E-state index contributed by atoms with van der Waals surface area (Å²) in [7, 11) is 3.19. The van der Waals surface area contributed by atoms with Crippen molar-refractivity contribution in [2.45, 2.75) is 65.5 Å². The zero-order valence-electron chi connectivity index (χ0n) is 23.6. The molecule has 0 aliphatic heterocycles. The van der Waals surface area contributed by atoms with Crippen LogP contribution in [-0.2, 0) is 20.8 Å². The number of nitrogens with zero attached hydrogens (tertiary/aromatic N) is 2. The third-order valence-corrected chi connectivity index (χ3v) is 6.56. The van der Waals surface area contributed by atoms with Gasteiger partial charge >= 0.3 is 0 Å². The molecule has 4 N–H and O–H groups in total. The Hall–Kier alpha value is -2.70. The van der Waals surface area contributed by atoms with Crippen molar-refractivity contribution in [2.24, 2.45) is 29.4 Å². The van der Waals surface area contributed by atoms with Crippen molar-refractivity contribution in [3.8, 4) is 11.6 Å². The van der Waals surface area contributed by atoms with E-state index >= 15 is 0 Å². The van der Waals surface area contributed by atoms with Crippen LogP contribution in [0.15, 0.2) is 12.3 Å². The van der Waals surface area contributed by atoms with Crippen molar-refractivity contribution in [1.82, 2.24) is 10.3 Å². The van der Waals surface area contributed by atoms with Gasteiger partial charge in [0.25, 0.3) is 11.0 Å². The Bertz CT molecular complexity index is 839. The van der Waals surface area contributed by atoms with Crippen LogP contribution in [0.5, 0.6) is 11.6 Å². The molecule has 4 atom stereocenters. The molecule has 1 rings (SSSR count). The summed E-state index contributed by atoms with van der Waals surface area (Å²) >= 11 is 0. The Morgan fingerprint density at radius 2 is 1.87 bits per heavy atom. The molecule has 0 bridgehead atoms. The van der Waals surface area contributed by atoms with E-state index in [9.17, 15) is 20.0 Å². The summed E-state index contributed by atoms with van der Waals surface area (Å²) in [6.07, 6.45) is 3.05. The van der Waals surface area contributed by atoms with Gasteiger partial charge in [-0.3, -0.25) is 4.79 Å². The van der Waals surface area contributed by atoms with Crippen LogP contribution in [0.4, 0.5) is 0 Å². The molecule has 0 radical (unpaired) electrons. The minimum atomic E-state index is -0.904. The van der Waals surface area contributed by atoms with Gasteiger partial charge < -0.3 is 35.2 Å². The molecule has 0 aromatic carbocycles. The van der Waals surface area contributed by atoms with E-state index in [1.165, 1.54) is 0 Å². The Labute approximate surface area is 225 Å². The summed E-state index contributed by atoms with van der Waals surface area (Å²) in [5, 5.41) is 22.9. The van der Waals surface area contributed by atoms with Crippen molar-refractivity contribution in [2.75, 3.05) is 40.6 Å². The van der Waals surface area contributed by atoms with Crippen LogP contribution in [0.3, 0.4) is 0 Å². The second kappa shape index (κ2) is 17.7. The summed E-state index contributed by atoms with van der Waals surface area (Å²) in [6.45, 7) is 8.85. The van der Waals surface area contributed by atoms with Crippen LogP contribution in [0.1, 0.15) is 52.5 Å². The second-order valence-electron chi connectivity index (χ2n) is 10.2. The number of hydrogen-bond acceptors (Lipinski definition) is 10. The maximum atomic E-state index is 12.6.